The fourth-order valence-electron chi connectivity index (χ4n) is 2.89. The van der Waals surface area contributed by atoms with Crippen LogP contribution in [0.25, 0.3) is 0 Å². The molecule has 0 aromatic heterocycles. The van der Waals surface area contributed by atoms with Gasteiger partial charge in [0.25, 0.3) is 0 Å². The van der Waals surface area contributed by atoms with E-state index >= 15 is 0 Å². The lowest BCUT2D eigenvalue weighted by Crippen LogP contribution is -2.44. The van der Waals surface area contributed by atoms with E-state index in [1.807, 2.05) is 30.3 Å². The zero-order valence-corrected chi connectivity index (χ0v) is 9.25. The fraction of sp³-hybridized carbons (Fsp3) is 0.538. The molecule has 0 radical (unpaired) electrons. The van der Waals surface area contributed by atoms with Gasteiger partial charge in [-0.25, -0.2) is 0 Å². The van der Waals surface area contributed by atoms with Gasteiger partial charge in [0.2, 0.25) is 0 Å². The van der Waals surface area contributed by atoms with Crippen LogP contribution in [0.2, 0.25) is 0 Å². The Bertz CT molecular complexity index is 340. The molecule has 1 aromatic rings. The van der Waals surface area contributed by atoms with Gasteiger partial charge in [-0.15, -0.1) is 0 Å². The molecule has 2 bridgehead atoms. The zero-order valence-electron chi connectivity index (χ0n) is 9.25. The quantitative estimate of drug-likeness (QED) is 0.829. The molecule has 1 aromatic carbocycles. The first-order chi connectivity index (χ1) is 7.83. The Kier molecular flexibility index (Phi) is 2.58. The van der Waals surface area contributed by atoms with Crippen LogP contribution in [0.3, 0.4) is 0 Å². The molecule has 2 saturated heterocycles. The van der Waals surface area contributed by atoms with Gasteiger partial charge in [0.15, 0.2) is 0 Å². The van der Waals surface area contributed by atoms with E-state index in [0.717, 1.165) is 31.4 Å². The van der Waals surface area contributed by atoms with E-state index in [1.165, 1.54) is 0 Å². The van der Waals surface area contributed by atoms with Gasteiger partial charge in [-0.2, -0.15) is 5.06 Å². The summed E-state index contributed by atoms with van der Waals surface area (Å²) in [7, 11) is 0. The van der Waals surface area contributed by atoms with E-state index < -0.39 is 0 Å². The van der Waals surface area contributed by atoms with Gasteiger partial charge < -0.3 is 9.94 Å². The molecule has 1 unspecified atom stereocenters. The SMILES string of the molecule is ON1[C@@H]2CC[C@H]1CC(Oc1ccccc1)C2. The van der Waals surface area contributed by atoms with Gasteiger partial charge in [-0.3, -0.25) is 0 Å². The molecule has 86 valence electrons. The van der Waals surface area contributed by atoms with E-state index in [-0.39, 0.29) is 6.10 Å². The van der Waals surface area contributed by atoms with Crippen molar-refractivity contribution < 1.29 is 9.94 Å². The third-order valence-corrected chi connectivity index (χ3v) is 3.70. The van der Waals surface area contributed by atoms with Crippen molar-refractivity contribution in [2.24, 2.45) is 0 Å². The van der Waals surface area contributed by atoms with Crippen LogP contribution in [-0.2, 0) is 0 Å². The highest BCUT2D eigenvalue weighted by molar-refractivity contribution is 5.21. The van der Waals surface area contributed by atoms with Gasteiger partial charge in [0.05, 0.1) is 0 Å². The van der Waals surface area contributed by atoms with Crippen molar-refractivity contribution in [2.75, 3.05) is 0 Å². The Hall–Kier alpha value is -1.06. The lowest BCUT2D eigenvalue weighted by molar-refractivity contribution is -0.164. The molecule has 2 aliphatic rings. The molecule has 3 atom stereocenters. The monoisotopic (exact) mass is 219 g/mol. The summed E-state index contributed by atoms with van der Waals surface area (Å²) in [5, 5.41) is 11.3. The van der Waals surface area contributed by atoms with E-state index in [1.54, 1.807) is 5.06 Å². The second kappa shape index (κ2) is 4.07. The Morgan fingerprint density at radius 3 is 2.31 bits per heavy atom. The van der Waals surface area contributed by atoms with Crippen LogP contribution < -0.4 is 4.74 Å². The molecule has 0 spiro atoms. The van der Waals surface area contributed by atoms with Crippen LogP contribution in [0, 0.1) is 0 Å². The predicted molar refractivity (Wildman–Crippen MR) is 60.5 cm³/mol. The van der Waals surface area contributed by atoms with Crippen LogP contribution in [0.5, 0.6) is 5.75 Å². The van der Waals surface area contributed by atoms with E-state index in [0.29, 0.717) is 12.1 Å². The highest BCUT2D eigenvalue weighted by Crippen LogP contribution is 2.35. The van der Waals surface area contributed by atoms with Crippen molar-refractivity contribution in [2.45, 2.75) is 43.9 Å². The summed E-state index contributed by atoms with van der Waals surface area (Å²) >= 11 is 0. The first-order valence-electron chi connectivity index (χ1n) is 6.02. The fourth-order valence-corrected chi connectivity index (χ4v) is 2.89. The minimum atomic E-state index is 0.267. The molecule has 3 rings (SSSR count). The first-order valence-corrected chi connectivity index (χ1v) is 6.02. The summed E-state index contributed by atoms with van der Waals surface area (Å²) in [6.45, 7) is 0. The number of para-hydroxylation sites is 1. The van der Waals surface area contributed by atoms with E-state index in [2.05, 4.69) is 0 Å². The number of hydroxylamine groups is 2. The van der Waals surface area contributed by atoms with Gasteiger partial charge in [-0.1, -0.05) is 18.2 Å². The molecule has 1 N–H and O–H groups in total. The topological polar surface area (TPSA) is 32.7 Å². The summed E-state index contributed by atoms with van der Waals surface area (Å²) in [6, 6.07) is 10.6. The third kappa shape index (κ3) is 1.81. The molecule has 0 aliphatic carbocycles. The van der Waals surface area contributed by atoms with Gasteiger partial charge in [0.1, 0.15) is 11.9 Å². The van der Waals surface area contributed by atoms with Crippen molar-refractivity contribution in [1.82, 2.24) is 5.06 Å². The Balaban J connectivity index is 1.66. The van der Waals surface area contributed by atoms with Crippen molar-refractivity contribution in [1.29, 1.82) is 0 Å². The lowest BCUT2D eigenvalue weighted by atomic mass is 10.0. The second-order valence-electron chi connectivity index (χ2n) is 4.79. The average molecular weight is 219 g/mol. The standard InChI is InChI=1S/C13H17NO2/c15-14-10-6-7-11(14)9-13(8-10)16-12-4-2-1-3-5-12/h1-5,10-11,13,15H,6-9H2/t10-,11+,13?. The molecule has 2 aliphatic heterocycles. The highest BCUT2D eigenvalue weighted by Gasteiger charge is 2.41. The number of piperidine rings is 1. The number of ether oxygens (including phenoxy) is 1. The van der Waals surface area contributed by atoms with Crippen molar-refractivity contribution in [3.8, 4) is 5.75 Å². The molecular formula is C13H17NO2. The summed E-state index contributed by atoms with van der Waals surface area (Å²) < 4.78 is 5.95. The van der Waals surface area contributed by atoms with Crippen LogP contribution in [0.15, 0.2) is 30.3 Å². The molecule has 16 heavy (non-hydrogen) atoms. The van der Waals surface area contributed by atoms with Gasteiger partial charge >= 0.3 is 0 Å². The summed E-state index contributed by atoms with van der Waals surface area (Å²) in [4.78, 5) is 0. The number of nitrogens with zero attached hydrogens (tertiary/aromatic N) is 1. The Labute approximate surface area is 95.6 Å². The molecular weight excluding hydrogens is 202 g/mol. The predicted octanol–water partition coefficient (Wildman–Crippen LogP) is 2.45. The summed E-state index contributed by atoms with van der Waals surface area (Å²) in [5.74, 6) is 0.943. The number of fused-ring (bicyclic) bond motifs is 2. The number of hydrogen-bond acceptors (Lipinski definition) is 3. The van der Waals surface area contributed by atoms with Gasteiger partial charge in [0, 0.05) is 24.9 Å². The maximum Gasteiger partial charge on any atom is 0.119 e. The van der Waals surface area contributed by atoms with Gasteiger partial charge in [-0.05, 0) is 25.0 Å². The largest absolute Gasteiger partial charge is 0.490 e. The van der Waals surface area contributed by atoms with Crippen LogP contribution >= 0.6 is 0 Å². The molecule has 0 amide bonds. The summed E-state index contributed by atoms with van der Waals surface area (Å²) in [5.41, 5.74) is 0. The first kappa shape index (κ1) is 10.1. The highest BCUT2D eigenvalue weighted by atomic mass is 16.5. The number of rotatable bonds is 2. The molecule has 2 fully saturated rings. The van der Waals surface area contributed by atoms with Crippen molar-refractivity contribution in [3.05, 3.63) is 30.3 Å². The van der Waals surface area contributed by atoms with E-state index in [9.17, 15) is 5.21 Å². The lowest BCUT2D eigenvalue weighted by Gasteiger charge is -2.34. The maximum atomic E-state index is 9.77. The zero-order chi connectivity index (χ0) is 11.0. The van der Waals surface area contributed by atoms with Crippen LogP contribution in [0.4, 0.5) is 0 Å². The van der Waals surface area contributed by atoms with Crippen LogP contribution in [-0.4, -0.2) is 28.5 Å². The second-order valence-corrected chi connectivity index (χ2v) is 4.79. The molecule has 0 saturated carbocycles. The van der Waals surface area contributed by atoms with Crippen LogP contribution in [0.1, 0.15) is 25.7 Å². The van der Waals surface area contributed by atoms with Crippen molar-refractivity contribution >= 4 is 0 Å². The molecule has 3 nitrogen and oxygen atoms in total. The minimum Gasteiger partial charge on any atom is -0.490 e. The Morgan fingerprint density at radius 1 is 1.06 bits per heavy atom. The minimum absolute atomic E-state index is 0.267. The molecule has 3 heteroatoms. The molecule has 2 heterocycles. The maximum absolute atomic E-state index is 9.77. The third-order valence-electron chi connectivity index (χ3n) is 3.70. The number of benzene rings is 1. The number of hydrogen-bond donors (Lipinski definition) is 1. The van der Waals surface area contributed by atoms with E-state index in [4.69, 9.17) is 4.74 Å². The summed E-state index contributed by atoms with van der Waals surface area (Å²) in [6.07, 6.45) is 4.37. The average Bonchev–Trinajstić information content (AvgIpc) is 2.54. The Morgan fingerprint density at radius 2 is 1.69 bits per heavy atom. The normalized spacial score (nSPS) is 33.9. The van der Waals surface area contributed by atoms with Crippen molar-refractivity contribution in [3.63, 3.8) is 0 Å². The smallest absolute Gasteiger partial charge is 0.119 e.